The second-order valence-electron chi connectivity index (χ2n) is 14.0. The number of carbonyl (C=O) groups is 4. The van der Waals surface area contributed by atoms with E-state index in [0.717, 1.165) is 22.3 Å². The standard InChI is InChI=1S/C40H42N2O4/c1-21(2)11-12-27-15-26(10)28(16-25(27)9)13-14-29-17-31-35-34-32(38(44)41(19-22(3)4)39(45)33(29)34)18-30(24(7)8)36(35)40(46)42(37(31)43)20-23(5)6/h15-18,21-24H,19-20H2,1-10H3. The van der Waals surface area contributed by atoms with Crippen molar-refractivity contribution in [3.05, 3.63) is 79.9 Å². The minimum atomic E-state index is -0.456. The number of carbonyl (C=O) groups excluding carboxylic acids is 4. The van der Waals surface area contributed by atoms with Gasteiger partial charge < -0.3 is 0 Å². The number of imide groups is 2. The lowest BCUT2D eigenvalue weighted by molar-refractivity contribution is 0.0570. The Balaban J connectivity index is 1.84. The molecule has 3 aromatic carbocycles. The van der Waals surface area contributed by atoms with Crippen molar-refractivity contribution in [1.82, 2.24) is 9.80 Å². The summed E-state index contributed by atoms with van der Waals surface area (Å²) in [5.41, 5.74) is 6.02. The molecule has 4 amide bonds. The van der Waals surface area contributed by atoms with Crippen molar-refractivity contribution in [2.24, 2.45) is 17.8 Å². The molecule has 0 bridgehead atoms. The van der Waals surface area contributed by atoms with Crippen LogP contribution in [0.3, 0.4) is 0 Å². The van der Waals surface area contributed by atoms with E-state index in [0.29, 0.717) is 38.6 Å². The van der Waals surface area contributed by atoms with Crippen LogP contribution in [0.2, 0.25) is 0 Å². The molecule has 0 spiro atoms. The minimum absolute atomic E-state index is 0.0390. The molecular weight excluding hydrogens is 572 g/mol. The van der Waals surface area contributed by atoms with Gasteiger partial charge in [-0.15, -0.1) is 0 Å². The van der Waals surface area contributed by atoms with Crippen LogP contribution in [0.25, 0.3) is 10.8 Å². The van der Waals surface area contributed by atoms with Gasteiger partial charge in [0.1, 0.15) is 0 Å². The van der Waals surface area contributed by atoms with Crippen LogP contribution in [0.1, 0.15) is 136 Å². The van der Waals surface area contributed by atoms with E-state index in [4.69, 9.17) is 0 Å². The number of aryl methyl sites for hydroxylation is 2. The number of hydrogen-bond donors (Lipinski definition) is 0. The van der Waals surface area contributed by atoms with Crippen molar-refractivity contribution in [3.8, 4) is 23.7 Å². The number of hydrogen-bond acceptors (Lipinski definition) is 4. The second kappa shape index (κ2) is 12.3. The summed E-state index contributed by atoms with van der Waals surface area (Å²) in [5.74, 6) is 11.5. The Bertz CT molecular complexity index is 1970. The maximum atomic E-state index is 14.2. The number of nitrogens with zero attached hydrogens (tertiary/aromatic N) is 2. The first-order valence-corrected chi connectivity index (χ1v) is 16.2. The topological polar surface area (TPSA) is 74.8 Å². The Kier molecular flexibility index (Phi) is 8.71. The van der Waals surface area contributed by atoms with Gasteiger partial charge >= 0.3 is 0 Å². The van der Waals surface area contributed by atoms with Crippen molar-refractivity contribution < 1.29 is 19.2 Å². The fraction of sp³-hybridized carbons (Fsp3) is 0.400. The minimum Gasteiger partial charge on any atom is -0.274 e. The zero-order valence-electron chi connectivity index (χ0n) is 28.6. The Morgan fingerprint density at radius 2 is 1.02 bits per heavy atom. The van der Waals surface area contributed by atoms with Crippen molar-refractivity contribution in [3.63, 3.8) is 0 Å². The zero-order valence-corrected chi connectivity index (χ0v) is 28.6. The van der Waals surface area contributed by atoms with Crippen LogP contribution in [0.5, 0.6) is 0 Å². The third-order valence-corrected chi connectivity index (χ3v) is 8.42. The smallest absolute Gasteiger partial charge is 0.262 e. The Morgan fingerprint density at radius 1 is 0.565 bits per heavy atom. The molecule has 0 unspecified atom stereocenters. The van der Waals surface area contributed by atoms with Gasteiger partial charge in [0.15, 0.2) is 0 Å². The normalized spacial score (nSPS) is 14.1. The predicted molar refractivity (Wildman–Crippen MR) is 182 cm³/mol. The van der Waals surface area contributed by atoms with Crippen molar-refractivity contribution in [2.45, 2.75) is 75.2 Å². The van der Waals surface area contributed by atoms with E-state index in [9.17, 15) is 19.2 Å². The quantitative estimate of drug-likeness (QED) is 0.221. The van der Waals surface area contributed by atoms with Crippen molar-refractivity contribution in [1.29, 1.82) is 0 Å². The highest BCUT2D eigenvalue weighted by molar-refractivity contribution is 6.34. The molecule has 3 aromatic rings. The third-order valence-electron chi connectivity index (χ3n) is 8.42. The van der Waals surface area contributed by atoms with E-state index in [1.807, 2.05) is 67.5 Å². The molecule has 0 radical (unpaired) electrons. The highest BCUT2D eigenvalue weighted by atomic mass is 16.2. The average Bonchev–Trinajstić information content (AvgIpc) is 2.97. The van der Waals surface area contributed by atoms with Gasteiger partial charge in [0.2, 0.25) is 0 Å². The summed E-state index contributed by atoms with van der Waals surface area (Å²) < 4.78 is 0. The van der Waals surface area contributed by atoms with Crippen LogP contribution >= 0.6 is 0 Å². The summed E-state index contributed by atoms with van der Waals surface area (Å²) in [5, 5.41) is 0.747. The first kappa shape index (κ1) is 32.7. The number of benzene rings is 3. The van der Waals surface area contributed by atoms with E-state index in [-0.39, 0.29) is 48.2 Å². The van der Waals surface area contributed by atoms with Gasteiger partial charge in [0.25, 0.3) is 23.6 Å². The molecule has 0 aromatic heterocycles. The SMILES string of the molecule is Cc1cc(C#CC(C)C)c(C)cc1C#Cc1cc2c3c(c(C(C)C)cc4c3c1C(=O)N(CC(C)C)C4=O)C(=O)N(CC(C)C)C2=O. The predicted octanol–water partition coefficient (Wildman–Crippen LogP) is 7.49. The molecule has 0 atom stereocenters. The molecule has 236 valence electrons. The van der Waals surface area contributed by atoms with E-state index in [1.54, 1.807) is 12.1 Å². The second-order valence-corrected chi connectivity index (χ2v) is 14.0. The first-order valence-electron chi connectivity index (χ1n) is 16.2. The fourth-order valence-corrected chi connectivity index (χ4v) is 6.25. The highest BCUT2D eigenvalue weighted by Crippen LogP contribution is 2.43. The third kappa shape index (κ3) is 5.62. The van der Waals surface area contributed by atoms with Crippen LogP contribution in [0.4, 0.5) is 0 Å². The Labute approximate surface area is 272 Å². The highest BCUT2D eigenvalue weighted by Gasteiger charge is 2.43. The van der Waals surface area contributed by atoms with Crippen molar-refractivity contribution in [2.75, 3.05) is 13.1 Å². The zero-order chi connectivity index (χ0) is 33.8. The maximum Gasteiger partial charge on any atom is 0.262 e. The molecule has 2 aliphatic rings. The molecule has 0 N–H and O–H groups in total. The summed E-state index contributed by atoms with van der Waals surface area (Å²) in [6, 6.07) is 7.44. The Hall–Kier alpha value is -4.68. The van der Waals surface area contributed by atoms with Gasteiger partial charge in [-0.25, -0.2) is 0 Å². The largest absolute Gasteiger partial charge is 0.274 e. The van der Waals surface area contributed by atoms with Crippen LogP contribution in [0.15, 0.2) is 24.3 Å². The first-order chi connectivity index (χ1) is 21.6. The van der Waals surface area contributed by atoms with Gasteiger partial charge in [0.05, 0.1) is 11.1 Å². The van der Waals surface area contributed by atoms with Crippen LogP contribution in [-0.2, 0) is 0 Å². The lowest BCUT2D eigenvalue weighted by Gasteiger charge is -2.35. The van der Waals surface area contributed by atoms with Crippen LogP contribution in [-0.4, -0.2) is 46.5 Å². The summed E-state index contributed by atoms with van der Waals surface area (Å²) in [7, 11) is 0. The Morgan fingerprint density at radius 3 is 1.52 bits per heavy atom. The average molecular weight is 615 g/mol. The molecule has 6 heteroatoms. The molecule has 2 aliphatic heterocycles. The molecular formula is C40H42N2O4. The van der Waals surface area contributed by atoms with Crippen LogP contribution in [0, 0.1) is 55.3 Å². The molecule has 5 rings (SSSR count). The van der Waals surface area contributed by atoms with Crippen LogP contribution < -0.4 is 0 Å². The van der Waals surface area contributed by atoms with E-state index < -0.39 is 17.7 Å². The van der Waals surface area contributed by atoms with Gasteiger partial charge in [-0.2, -0.15) is 0 Å². The monoisotopic (exact) mass is 614 g/mol. The molecule has 0 saturated heterocycles. The van der Waals surface area contributed by atoms with E-state index in [2.05, 4.69) is 37.5 Å². The summed E-state index contributed by atoms with van der Waals surface area (Å²) >= 11 is 0. The van der Waals surface area contributed by atoms with Crippen molar-refractivity contribution >= 4 is 34.4 Å². The molecule has 0 fully saturated rings. The lowest BCUT2D eigenvalue weighted by atomic mass is 9.79. The number of rotatable bonds is 5. The molecule has 6 nitrogen and oxygen atoms in total. The molecule has 46 heavy (non-hydrogen) atoms. The molecule has 0 aliphatic carbocycles. The molecule has 2 heterocycles. The lowest BCUT2D eigenvalue weighted by Crippen LogP contribution is -2.46. The maximum absolute atomic E-state index is 14.2. The van der Waals surface area contributed by atoms with E-state index >= 15 is 0 Å². The van der Waals surface area contributed by atoms with Gasteiger partial charge in [-0.1, -0.05) is 79.1 Å². The van der Waals surface area contributed by atoms with Gasteiger partial charge in [0, 0.05) is 57.6 Å². The van der Waals surface area contributed by atoms with E-state index in [1.165, 1.54) is 9.80 Å². The molecule has 0 saturated carbocycles. The fourth-order valence-electron chi connectivity index (χ4n) is 6.25. The summed E-state index contributed by atoms with van der Waals surface area (Å²) in [6.45, 7) is 20.3. The summed E-state index contributed by atoms with van der Waals surface area (Å²) in [6.07, 6.45) is 0. The van der Waals surface area contributed by atoms with Gasteiger partial charge in [-0.3, -0.25) is 29.0 Å². The number of amides is 4. The van der Waals surface area contributed by atoms with Gasteiger partial charge in [-0.05, 0) is 72.6 Å². The summed E-state index contributed by atoms with van der Waals surface area (Å²) in [4.78, 5) is 58.9.